The molecule has 1 nitrogen and oxygen atoms in total. The Morgan fingerprint density at radius 3 is 2.70 bits per heavy atom. The predicted molar refractivity (Wildman–Crippen MR) is 42.6 cm³/mol. The van der Waals surface area contributed by atoms with Crippen molar-refractivity contribution in [3.05, 3.63) is 12.2 Å². The average Bonchev–Trinajstić information content (AvgIpc) is 1.99. The highest BCUT2D eigenvalue weighted by Crippen LogP contribution is 2.09. The standard InChI is InChI=1S/C8H16FN/c1-3-8(9)5-4-7(2)6-10/h8H,2-6,10H2,1H3/t8-/m1/s1. The minimum atomic E-state index is -0.678. The molecule has 0 amide bonds. The maximum Gasteiger partial charge on any atom is 0.100 e. The highest BCUT2D eigenvalue weighted by atomic mass is 19.1. The number of halogens is 1. The van der Waals surface area contributed by atoms with E-state index >= 15 is 0 Å². The lowest BCUT2D eigenvalue weighted by Crippen LogP contribution is -2.05. The van der Waals surface area contributed by atoms with E-state index in [1.54, 1.807) is 0 Å². The van der Waals surface area contributed by atoms with Gasteiger partial charge in [0.05, 0.1) is 0 Å². The summed E-state index contributed by atoms with van der Waals surface area (Å²) in [4.78, 5) is 0. The summed E-state index contributed by atoms with van der Waals surface area (Å²) in [6, 6.07) is 0. The first-order valence-electron chi connectivity index (χ1n) is 3.71. The van der Waals surface area contributed by atoms with E-state index in [9.17, 15) is 4.39 Å². The quantitative estimate of drug-likeness (QED) is 0.588. The monoisotopic (exact) mass is 145 g/mol. The van der Waals surface area contributed by atoms with Gasteiger partial charge in [0.15, 0.2) is 0 Å². The number of rotatable bonds is 5. The van der Waals surface area contributed by atoms with Gasteiger partial charge in [-0.2, -0.15) is 0 Å². The second-order valence-electron chi connectivity index (χ2n) is 2.50. The Kier molecular flexibility index (Phi) is 5.22. The molecule has 0 spiro atoms. The molecule has 0 fully saturated rings. The number of nitrogens with two attached hydrogens (primary N) is 1. The van der Waals surface area contributed by atoms with Crippen molar-refractivity contribution in [3.8, 4) is 0 Å². The first-order chi connectivity index (χ1) is 4.70. The molecule has 2 N–H and O–H groups in total. The van der Waals surface area contributed by atoms with Crippen molar-refractivity contribution in [1.82, 2.24) is 0 Å². The van der Waals surface area contributed by atoms with Crippen LogP contribution in [-0.2, 0) is 0 Å². The summed E-state index contributed by atoms with van der Waals surface area (Å²) in [6.45, 7) is 6.01. The summed E-state index contributed by atoms with van der Waals surface area (Å²) >= 11 is 0. The molecule has 2 heteroatoms. The first kappa shape index (κ1) is 9.63. The van der Waals surface area contributed by atoms with Gasteiger partial charge in [0.2, 0.25) is 0 Å². The van der Waals surface area contributed by atoms with E-state index in [1.165, 1.54) is 0 Å². The summed E-state index contributed by atoms with van der Waals surface area (Å²) in [5.41, 5.74) is 6.22. The van der Waals surface area contributed by atoms with Crippen LogP contribution in [-0.4, -0.2) is 12.7 Å². The third-order valence-corrected chi connectivity index (χ3v) is 1.54. The van der Waals surface area contributed by atoms with Crippen molar-refractivity contribution >= 4 is 0 Å². The third kappa shape index (κ3) is 4.50. The first-order valence-corrected chi connectivity index (χ1v) is 3.71. The molecule has 0 radical (unpaired) electrons. The molecule has 0 heterocycles. The highest BCUT2D eigenvalue weighted by Gasteiger charge is 2.02. The smallest absolute Gasteiger partial charge is 0.100 e. The lowest BCUT2D eigenvalue weighted by molar-refractivity contribution is 0.305. The van der Waals surface area contributed by atoms with E-state index in [0.29, 0.717) is 19.4 Å². The molecular weight excluding hydrogens is 129 g/mol. The summed E-state index contributed by atoms with van der Waals surface area (Å²) in [5, 5.41) is 0. The molecule has 0 aliphatic rings. The molecule has 0 bridgehead atoms. The Hall–Kier alpha value is -0.370. The lowest BCUT2D eigenvalue weighted by Gasteiger charge is -2.04. The predicted octanol–water partition coefficient (Wildman–Crippen LogP) is 2.03. The normalized spacial score (nSPS) is 13.1. The number of hydrogen-bond acceptors (Lipinski definition) is 1. The Morgan fingerprint density at radius 2 is 2.30 bits per heavy atom. The zero-order chi connectivity index (χ0) is 7.98. The Labute approximate surface area is 62.1 Å². The summed E-state index contributed by atoms with van der Waals surface area (Å²) in [7, 11) is 0. The SMILES string of the molecule is C=C(CN)CC[C@H](F)CC. The summed E-state index contributed by atoms with van der Waals surface area (Å²) in [5.74, 6) is 0. The van der Waals surface area contributed by atoms with Crippen LogP contribution in [0.2, 0.25) is 0 Å². The fourth-order valence-corrected chi connectivity index (χ4v) is 0.667. The maximum absolute atomic E-state index is 12.5. The molecule has 0 saturated heterocycles. The van der Waals surface area contributed by atoms with Crippen molar-refractivity contribution in [2.24, 2.45) is 5.73 Å². The zero-order valence-electron chi connectivity index (χ0n) is 6.57. The molecule has 0 rings (SSSR count). The topological polar surface area (TPSA) is 26.0 Å². The van der Waals surface area contributed by atoms with Crippen LogP contribution in [0.5, 0.6) is 0 Å². The van der Waals surface area contributed by atoms with Crippen molar-refractivity contribution in [3.63, 3.8) is 0 Å². The van der Waals surface area contributed by atoms with Gasteiger partial charge in [0.1, 0.15) is 6.17 Å². The van der Waals surface area contributed by atoms with Crippen molar-refractivity contribution in [2.45, 2.75) is 32.4 Å². The van der Waals surface area contributed by atoms with Crippen LogP contribution in [0.25, 0.3) is 0 Å². The van der Waals surface area contributed by atoms with Crippen LogP contribution in [0, 0.1) is 0 Å². The Balaban J connectivity index is 3.26. The fraction of sp³-hybridized carbons (Fsp3) is 0.750. The Morgan fingerprint density at radius 1 is 1.70 bits per heavy atom. The minimum Gasteiger partial charge on any atom is -0.327 e. The molecule has 1 atom stereocenters. The van der Waals surface area contributed by atoms with Gasteiger partial charge >= 0.3 is 0 Å². The highest BCUT2D eigenvalue weighted by molar-refractivity contribution is 4.95. The van der Waals surface area contributed by atoms with Crippen LogP contribution >= 0.6 is 0 Å². The Bertz CT molecular complexity index is 101. The van der Waals surface area contributed by atoms with E-state index in [1.807, 2.05) is 6.92 Å². The largest absolute Gasteiger partial charge is 0.327 e. The van der Waals surface area contributed by atoms with Crippen LogP contribution in [0.4, 0.5) is 4.39 Å². The maximum atomic E-state index is 12.5. The van der Waals surface area contributed by atoms with Gasteiger partial charge < -0.3 is 5.73 Å². The summed E-state index contributed by atoms with van der Waals surface area (Å²) < 4.78 is 12.5. The van der Waals surface area contributed by atoms with Crippen molar-refractivity contribution in [2.75, 3.05) is 6.54 Å². The van der Waals surface area contributed by atoms with Gasteiger partial charge in [-0.25, -0.2) is 4.39 Å². The molecule has 0 aromatic rings. The van der Waals surface area contributed by atoms with Gasteiger partial charge in [0.25, 0.3) is 0 Å². The molecule has 0 aromatic carbocycles. The van der Waals surface area contributed by atoms with Crippen LogP contribution in [0.15, 0.2) is 12.2 Å². The number of alkyl halides is 1. The molecule has 60 valence electrons. The van der Waals surface area contributed by atoms with Gasteiger partial charge in [-0.05, 0) is 19.3 Å². The van der Waals surface area contributed by atoms with E-state index in [2.05, 4.69) is 6.58 Å². The molecular formula is C8H16FN. The fourth-order valence-electron chi connectivity index (χ4n) is 0.667. The third-order valence-electron chi connectivity index (χ3n) is 1.54. The molecule has 0 unspecified atom stereocenters. The lowest BCUT2D eigenvalue weighted by atomic mass is 10.1. The van der Waals surface area contributed by atoms with Gasteiger partial charge in [-0.1, -0.05) is 19.1 Å². The summed E-state index contributed by atoms with van der Waals surface area (Å²) in [6.07, 6.45) is 1.22. The van der Waals surface area contributed by atoms with Crippen LogP contribution < -0.4 is 5.73 Å². The zero-order valence-corrected chi connectivity index (χ0v) is 6.57. The van der Waals surface area contributed by atoms with E-state index < -0.39 is 6.17 Å². The molecule has 10 heavy (non-hydrogen) atoms. The molecule has 0 aliphatic carbocycles. The molecule has 0 saturated carbocycles. The van der Waals surface area contributed by atoms with E-state index in [0.717, 1.165) is 12.0 Å². The second kappa shape index (κ2) is 5.42. The van der Waals surface area contributed by atoms with Crippen LogP contribution in [0.3, 0.4) is 0 Å². The van der Waals surface area contributed by atoms with Gasteiger partial charge in [-0.15, -0.1) is 0 Å². The van der Waals surface area contributed by atoms with E-state index in [-0.39, 0.29) is 0 Å². The number of hydrogen-bond donors (Lipinski definition) is 1. The minimum absolute atomic E-state index is 0.483. The van der Waals surface area contributed by atoms with Gasteiger partial charge in [0, 0.05) is 6.54 Å². The van der Waals surface area contributed by atoms with Crippen molar-refractivity contribution in [1.29, 1.82) is 0 Å². The van der Waals surface area contributed by atoms with Crippen molar-refractivity contribution < 1.29 is 4.39 Å². The average molecular weight is 145 g/mol. The second-order valence-corrected chi connectivity index (χ2v) is 2.50. The van der Waals surface area contributed by atoms with Gasteiger partial charge in [-0.3, -0.25) is 0 Å². The molecule has 0 aliphatic heterocycles. The molecule has 0 aromatic heterocycles. The van der Waals surface area contributed by atoms with Crippen LogP contribution in [0.1, 0.15) is 26.2 Å². The van der Waals surface area contributed by atoms with E-state index in [4.69, 9.17) is 5.73 Å².